The third kappa shape index (κ3) is 3.82. The zero-order valence-electron chi connectivity index (χ0n) is 15.7. The fourth-order valence-corrected chi connectivity index (χ4v) is 3.45. The normalized spacial score (nSPS) is 12.1. The number of carboxylic acid groups (broad SMARTS) is 2. The molecule has 0 aliphatic carbocycles. The molecule has 0 unspecified atom stereocenters. The van der Waals surface area contributed by atoms with Crippen LogP contribution in [0.4, 0.5) is 0 Å². The minimum Gasteiger partial charge on any atom is -0.479 e. The highest BCUT2D eigenvalue weighted by Crippen LogP contribution is 2.29. The van der Waals surface area contributed by atoms with Gasteiger partial charge in [0.2, 0.25) is 0 Å². The van der Waals surface area contributed by atoms with Gasteiger partial charge in [-0.1, -0.05) is 11.6 Å². The summed E-state index contributed by atoms with van der Waals surface area (Å²) >= 11 is 6.20. The van der Waals surface area contributed by atoms with E-state index in [1.165, 1.54) is 6.92 Å². The van der Waals surface area contributed by atoms with Gasteiger partial charge in [-0.25, -0.2) is 9.59 Å². The van der Waals surface area contributed by atoms with Crippen LogP contribution in [0.5, 0.6) is 5.75 Å². The van der Waals surface area contributed by atoms with Crippen LogP contribution >= 0.6 is 11.6 Å². The van der Waals surface area contributed by atoms with Crippen molar-refractivity contribution in [2.75, 3.05) is 0 Å². The van der Waals surface area contributed by atoms with Crippen LogP contribution in [-0.4, -0.2) is 32.8 Å². The van der Waals surface area contributed by atoms with Crippen LogP contribution in [0, 0.1) is 13.8 Å². The van der Waals surface area contributed by atoms with E-state index in [1.54, 1.807) is 36.4 Å². The van der Waals surface area contributed by atoms with Crippen LogP contribution in [0.2, 0.25) is 5.02 Å². The van der Waals surface area contributed by atoms with E-state index in [1.807, 2.05) is 13.8 Å². The van der Waals surface area contributed by atoms with Gasteiger partial charge in [-0.05, 0) is 68.3 Å². The maximum Gasteiger partial charge on any atom is 0.344 e. The van der Waals surface area contributed by atoms with E-state index in [9.17, 15) is 14.7 Å². The maximum atomic E-state index is 11.3. The second kappa shape index (κ2) is 7.56. The number of aliphatic carboxylic acids is 1. The van der Waals surface area contributed by atoms with Gasteiger partial charge >= 0.3 is 11.9 Å². The van der Waals surface area contributed by atoms with Gasteiger partial charge in [0.25, 0.3) is 0 Å². The van der Waals surface area contributed by atoms with Gasteiger partial charge in [-0.3, -0.25) is 0 Å². The number of carboxylic acids is 2. The predicted molar refractivity (Wildman–Crippen MR) is 107 cm³/mol. The summed E-state index contributed by atoms with van der Waals surface area (Å²) < 4.78 is 7.52. The number of rotatable bonds is 6. The van der Waals surface area contributed by atoms with Crippen molar-refractivity contribution in [3.8, 4) is 5.75 Å². The van der Waals surface area contributed by atoms with Crippen molar-refractivity contribution >= 4 is 34.4 Å². The molecule has 0 aliphatic heterocycles. The summed E-state index contributed by atoms with van der Waals surface area (Å²) in [5.41, 5.74) is 4.03. The van der Waals surface area contributed by atoms with Gasteiger partial charge in [0, 0.05) is 28.2 Å². The molecule has 2 N–H and O–H groups in total. The molecule has 3 rings (SSSR count). The number of hydrogen-bond donors (Lipinski definition) is 2. The molecule has 0 spiro atoms. The number of halogens is 1. The van der Waals surface area contributed by atoms with Crippen molar-refractivity contribution in [2.24, 2.45) is 0 Å². The first-order valence-electron chi connectivity index (χ1n) is 8.69. The number of benzene rings is 2. The van der Waals surface area contributed by atoms with Crippen molar-refractivity contribution in [1.29, 1.82) is 0 Å². The van der Waals surface area contributed by atoms with Gasteiger partial charge in [0.15, 0.2) is 6.10 Å². The summed E-state index contributed by atoms with van der Waals surface area (Å²) in [5, 5.41) is 19.6. The number of carbonyl (C=O) groups is 2. The molecule has 0 bridgehead atoms. The average Bonchev–Trinajstić information content (AvgIpc) is 2.85. The van der Waals surface area contributed by atoms with Crippen LogP contribution in [0.25, 0.3) is 10.9 Å². The van der Waals surface area contributed by atoms with Gasteiger partial charge in [0.1, 0.15) is 5.75 Å². The van der Waals surface area contributed by atoms with E-state index in [0.717, 1.165) is 27.7 Å². The van der Waals surface area contributed by atoms with E-state index in [4.69, 9.17) is 21.4 Å². The van der Waals surface area contributed by atoms with Crippen molar-refractivity contribution in [1.82, 2.24) is 4.57 Å². The molecule has 3 aromatic rings. The van der Waals surface area contributed by atoms with Crippen molar-refractivity contribution < 1.29 is 24.5 Å². The number of aromatic nitrogens is 1. The number of hydrogen-bond acceptors (Lipinski definition) is 3. The van der Waals surface area contributed by atoms with Gasteiger partial charge < -0.3 is 19.5 Å². The standard InChI is InChI=1S/C21H20ClNO5/c1-11-12(2)23(19-5-4-15(21(26)27)8-18(11)19)10-14-6-16(22)9-17(7-14)28-13(3)20(24)25/h4-9,13H,10H2,1-3H3,(H,24,25)(H,26,27)/t13-/m0/s1. The number of aromatic carboxylic acids is 1. The fourth-order valence-electron chi connectivity index (χ4n) is 3.20. The third-order valence-electron chi connectivity index (χ3n) is 4.82. The van der Waals surface area contributed by atoms with E-state index in [0.29, 0.717) is 17.3 Å². The number of nitrogens with zero attached hydrogens (tertiary/aromatic N) is 1. The molecule has 0 saturated carbocycles. The highest BCUT2D eigenvalue weighted by molar-refractivity contribution is 6.30. The molecule has 6 nitrogen and oxygen atoms in total. The zero-order chi connectivity index (χ0) is 20.6. The first-order valence-corrected chi connectivity index (χ1v) is 9.07. The molecule has 0 fully saturated rings. The molecule has 0 radical (unpaired) electrons. The summed E-state index contributed by atoms with van der Waals surface area (Å²) in [6, 6.07) is 10.2. The van der Waals surface area contributed by atoms with E-state index < -0.39 is 18.0 Å². The smallest absolute Gasteiger partial charge is 0.344 e. The Morgan fingerprint density at radius 2 is 1.86 bits per heavy atom. The molecular formula is C21H20ClNO5. The highest BCUT2D eigenvalue weighted by atomic mass is 35.5. The minimum absolute atomic E-state index is 0.244. The Labute approximate surface area is 166 Å². The molecule has 28 heavy (non-hydrogen) atoms. The third-order valence-corrected chi connectivity index (χ3v) is 5.04. The predicted octanol–water partition coefficient (Wildman–Crippen LogP) is 4.51. The minimum atomic E-state index is -1.06. The quantitative estimate of drug-likeness (QED) is 0.634. The summed E-state index contributed by atoms with van der Waals surface area (Å²) in [7, 11) is 0. The first-order chi connectivity index (χ1) is 13.2. The van der Waals surface area contributed by atoms with E-state index in [-0.39, 0.29) is 5.56 Å². The fraction of sp³-hybridized carbons (Fsp3) is 0.238. The number of fused-ring (bicyclic) bond motifs is 1. The monoisotopic (exact) mass is 401 g/mol. The number of aryl methyl sites for hydroxylation is 1. The molecule has 1 aromatic heterocycles. The Morgan fingerprint density at radius 1 is 1.14 bits per heavy atom. The molecule has 7 heteroatoms. The summed E-state index contributed by atoms with van der Waals surface area (Å²) in [4.78, 5) is 22.3. The van der Waals surface area contributed by atoms with Crippen LogP contribution in [0.1, 0.15) is 34.1 Å². The van der Waals surface area contributed by atoms with Gasteiger partial charge in [-0.2, -0.15) is 0 Å². The SMILES string of the molecule is Cc1c(C)n(Cc2cc(Cl)cc(O[C@@H](C)C(=O)O)c2)c2ccc(C(=O)O)cc12. The van der Waals surface area contributed by atoms with Gasteiger partial charge in [0.05, 0.1) is 5.56 Å². The molecule has 1 heterocycles. The molecule has 0 saturated heterocycles. The molecule has 2 aromatic carbocycles. The van der Waals surface area contributed by atoms with Crippen molar-refractivity contribution in [3.63, 3.8) is 0 Å². The Morgan fingerprint density at radius 3 is 2.50 bits per heavy atom. The Balaban J connectivity index is 2.01. The molecular weight excluding hydrogens is 382 g/mol. The van der Waals surface area contributed by atoms with E-state index in [2.05, 4.69) is 4.57 Å². The van der Waals surface area contributed by atoms with Crippen LogP contribution in [0.3, 0.4) is 0 Å². The molecule has 1 atom stereocenters. The van der Waals surface area contributed by atoms with Crippen LogP contribution in [-0.2, 0) is 11.3 Å². The lowest BCUT2D eigenvalue weighted by Gasteiger charge is -2.14. The lowest BCUT2D eigenvalue weighted by atomic mass is 10.1. The molecule has 146 valence electrons. The number of ether oxygens (including phenoxy) is 1. The summed E-state index contributed by atoms with van der Waals surface area (Å²) in [5.74, 6) is -1.63. The van der Waals surface area contributed by atoms with Crippen LogP contribution in [0.15, 0.2) is 36.4 Å². The topological polar surface area (TPSA) is 88.8 Å². The van der Waals surface area contributed by atoms with Crippen molar-refractivity contribution in [2.45, 2.75) is 33.4 Å². The Bertz CT molecular complexity index is 1090. The lowest BCUT2D eigenvalue weighted by Crippen LogP contribution is -2.22. The second-order valence-electron chi connectivity index (χ2n) is 6.73. The highest BCUT2D eigenvalue weighted by Gasteiger charge is 2.16. The largest absolute Gasteiger partial charge is 0.479 e. The maximum absolute atomic E-state index is 11.3. The summed E-state index contributed by atoms with van der Waals surface area (Å²) in [6.45, 7) is 5.88. The van der Waals surface area contributed by atoms with Crippen LogP contribution < -0.4 is 4.74 Å². The summed E-state index contributed by atoms with van der Waals surface area (Å²) in [6.07, 6.45) is -0.989. The lowest BCUT2D eigenvalue weighted by molar-refractivity contribution is -0.144. The Kier molecular flexibility index (Phi) is 5.34. The zero-order valence-corrected chi connectivity index (χ0v) is 16.4. The van der Waals surface area contributed by atoms with Gasteiger partial charge in [-0.15, -0.1) is 0 Å². The Hall–Kier alpha value is -2.99. The second-order valence-corrected chi connectivity index (χ2v) is 7.16. The van der Waals surface area contributed by atoms with Crippen molar-refractivity contribution in [3.05, 3.63) is 63.8 Å². The first kappa shape index (κ1) is 19.8. The van der Waals surface area contributed by atoms with E-state index >= 15 is 0 Å². The molecule has 0 aliphatic rings. The average molecular weight is 402 g/mol. The molecule has 0 amide bonds.